The zero-order valence-corrected chi connectivity index (χ0v) is 7.07. The van der Waals surface area contributed by atoms with E-state index in [0.717, 1.165) is 23.2 Å². The number of hydrogen-bond acceptors (Lipinski definition) is 3. The van der Waals surface area contributed by atoms with E-state index in [0.29, 0.717) is 0 Å². The van der Waals surface area contributed by atoms with E-state index in [1.165, 1.54) is 0 Å². The molecule has 56 valence electrons. The van der Waals surface area contributed by atoms with Crippen LogP contribution in [0.1, 0.15) is 18.6 Å². The first-order valence-electron chi connectivity index (χ1n) is 3.32. The van der Waals surface area contributed by atoms with Crippen LogP contribution in [-0.2, 0) is 5.75 Å². The molecule has 0 spiro atoms. The van der Waals surface area contributed by atoms with Gasteiger partial charge in [-0.3, -0.25) is 0 Å². The van der Waals surface area contributed by atoms with Crippen molar-refractivity contribution in [3.63, 3.8) is 0 Å². The molecule has 0 radical (unpaired) electrons. The first kappa shape index (κ1) is 7.66. The van der Waals surface area contributed by atoms with Crippen LogP contribution < -0.4 is 0 Å². The maximum atomic E-state index is 5.25. The van der Waals surface area contributed by atoms with Crippen LogP contribution in [0.15, 0.2) is 10.6 Å². The predicted octanol–water partition coefficient (Wildman–Crippen LogP) is 2.24. The van der Waals surface area contributed by atoms with Gasteiger partial charge in [0, 0.05) is 6.92 Å². The molecule has 1 aromatic rings. The van der Waals surface area contributed by atoms with E-state index < -0.39 is 0 Å². The number of aryl methyl sites for hydroxylation is 1. The van der Waals surface area contributed by atoms with E-state index in [2.05, 4.69) is 11.9 Å². The number of thioether (sulfide) groups is 1. The zero-order valence-electron chi connectivity index (χ0n) is 6.26. The normalized spacial score (nSPS) is 10.2. The molecule has 0 aromatic carbocycles. The maximum absolute atomic E-state index is 5.25. The Morgan fingerprint density at radius 2 is 2.50 bits per heavy atom. The fraction of sp³-hybridized carbons (Fsp3) is 0.571. The highest BCUT2D eigenvalue weighted by atomic mass is 32.2. The van der Waals surface area contributed by atoms with Crippen LogP contribution in [0.5, 0.6) is 0 Å². The molecule has 0 fully saturated rings. The largest absolute Gasteiger partial charge is 0.445 e. The first-order chi connectivity index (χ1) is 4.83. The summed E-state index contributed by atoms with van der Waals surface area (Å²) in [6.45, 7) is 3.99. The van der Waals surface area contributed by atoms with Crippen LogP contribution in [0.25, 0.3) is 0 Å². The third-order valence-electron chi connectivity index (χ3n) is 1.12. The third kappa shape index (κ3) is 2.06. The monoisotopic (exact) mass is 157 g/mol. The molecule has 0 aliphatic heterocycles. The Morgan fingerprint density at radius 1 is 1.70 bits per heavy atom. The molecule has 0 bridgehead atoms. The van der Waals surface area contributed by atoms with Gasteiger partial charge < -0.3 is 4.42 Å². The lowest BCUT2D eigenvalue weighted by Gasteiger charge is -1.90. The molecule has 0 atom stereocenters. The average molecular weight is 157 g/mol. The Hall–Kier alpha value is -0.440. The van der Waals surface area contributed by atoms with Crippen LogP contribution in [0.4, 0.5) is 0 Å². The highest BCUT2D eigenvalue weighted by Gasteiger charge is 1.97. The van der Waals surface area contributed by atoms with Gasteiger partial charge >= 0.3 is 0 Å². The molecule has 0 aliphatic rings. The minimum atomic E-state index is 0.756. The Kier molecular flexibility index (Phi) is 2.81. The number of hydrogen-bond donors (Lipinski definition) is 0. The lowest BCUT2D eigenvalue weighted by Crippen LogP contribution is -1.74. The second-order valence-electron chi connectivity index (χ2n) is 1.98. The Morgan fingerprint density at radius 3 is 3.00 bits per heavy atom. The minimum Gasteiger partial charge on any atom is -0.445 e. The van der Waals surface area contributed by atoms with E-state index in [-0.39, 0.29) is 0 Å². The van der Waals surface area contributed by atoms with Crippen LogP contribution in [-0.4, -0.2) is 10.7 Å². The van der Waals surface area contributed by atoms with Gasteiger partial charge in [0.25, 0.3) is 0 Å². The van der Waals surface area contributed by atoms with Crippen molar-refractivity contribution in [2.75, 3.05) is 5.75 Å². The van der Waals surface area contributed by atoms with E-state index in [4.69, 9.17) is 4.42 Å². The molecule has 1 rings (SSSR count). The number of oxazole rings is 1. The fourth-order valence-electron chi connectivity index (χ4n) is 0.675. The van der Waals surface area contributed by atoms with Crippen LogP contribution in [0.3, 0.4) is 0 Å². The summed E-state index contributed by atoms with van der Waals surface area (Å²) < 4.78 is 5.25. The molecule has 0 saturated heterocycles. The van der Waals surface area contributed by atoms with Crippen molar-refractivity contribution in [3.05, 3.63) is 17.8 Å². The maximum Gasteiger partial charge on any atom is 0.191 e. The third-order valence-corrected chi connectivity index (χ3v) is 2.01. The van der Waals surface area contributed by atoms with Gasteiger partial charge in [-0.25, -0.2) is 4.98 Å². The molecule has 1 aromatic heterocycles. The van der Waals surface area contributed by atoms with E-state index in [9.17, 15) is 0 Å². The van der Waals surface area contributed by atoms with Gasteiger partial charge in [0.15, 0.2) is 5.89 Å². The molecule has 0 saturated carbocycles. The Balaban J connectivity index is 2.42. The molecule has 0 unspecified atom stereocenters. The van der Waals surface area contributed by atoms with Gasteiger partial charge in [-0.15, -0.1) is 0 Å². The van der Waals surface area contributed by atoms with Crippen molar-refractivity contribution in [2.24, 2.45) is 0 Å². The van der Waals surface area contributed by atoms with Crippen LogP contribution >= 0.6 is 11.8 Å². The van der Waals surface area contributed by atoms with E-state index >= 15 is 0 Å². The van der Waals surface area contributed by atoms with Crippen molar-refractivity contribution in [3.8, 4) is 0 Å². The summed E-state index contributed by atoms with van der Waals surface area (Å²) in [6.07, 6.45) is 1.79. The topological polar surface area (TPSA) is 26.0 Å². The molecule has 2 nitrogen and oxygen atoms in total. The average Bonchev–Trinajstić information content (AvgIpc) is 2.31. The fourth-order valence-corrected chi connectivity index (χ4v) is 1.21. The number of aromatic nitrogens is 1. The van der Waals surface area contributed by atoms with Crippen molar-refractivity contribution < 1.29 is 4.42 Å². The molecule has 1 heterocycles. The van der Waals surface area contributed by atoms with Gasteiger partial charge in [0.05, 0.1) is 11.9 Å². The SMILES string of the molecule is CCSCc1cnc(C)o1. The van der Waals surface area contributed by atoms with Crippen molar-refractivity contribution in [1.29, 1.82) is 0 Å². The quantitative estimate of drug-likeness (QED) is 0.673. The summed E-state index contributed by atoms with van der Waals surface area (Å²) in [4.78, 5) is 3.99. The van der Waals surface area contributed by atoms with E-state index in [1.807, 2.05) is 18.7 Å². The number of rotatable bonds is 3. The van der Waals surface area contributed by atoms with Gasteiger partial charge in [-0.05, 0) is 5.75 Å². The Labute approximate surface area is 65.0 Å². The van der Waals surface area contributed by atoms with E-state index in [1.54, 1.807) is 6.20 Å². The molecule has 0 amide bonds. The lowest BCUT2D eigenvalue weighted by molar-refractivity contribution is 0.491. The van der Waals surface area contributed by atoms with Crippen LogP contribution in [0, 0.1) is 6.92 Å². The highest BCUT2D eigenvalue weighted by Crippen LogP contribution is 2.11. The van der Waals surface area contributed by atoms with Crippen LogP contribution in [0.2, 0.25) is 0 Å². The van der Waals surface area contributed by atoms with Gasteiger partial charge in [0.1, 0.15) is 5.76 Å². The second-order valence-corrected chi connectivity index (χ2v) is 3.26. The minimum absolute atomic E-state index is 0.756. The highest BCUT2D eigenvalue weighted by molar-refractivity contribution is 7.98. The zero-order chi connectivity index (χ0) is 7.40. The molecule has 0 N–H and O–H groups in total. The first-order valence-corrected chi connectivity index (χ1v) is 4.47. The summed E-state index contributed by atoms with van der Waals surface area (Å²) in [5.74, 6) is 3.80. The predicted molar refractivity (Wildman–Crippen MR) is 43.1 cm³/mol. The molecular weight excluding hydrogens is 146 g/mol. The lowest BCUT2D eigenvalue weighted by atomic mass is 10.6. The summed E-state index contributed by atoms with van der Waals surface area (Å²) in [5.41, 5.74) is 0. The van der Waals surface area contributed by atoms with Crippen molar-refractivity contribution in [2.45, 2.75) is 19.6 Å². The molecule has 10 heavy (non-hydrogen) atoms. The van der Waals surface area contributed by atoms with Gasteiger partial charge in [-0.2, -0.15) is 11.8 Å². The summed E-state index contributed by atoms with van der Waals surface area (Å²) in [6, 6.07) is 0. The molecule has 0 aliphatic carbocycles. The summed E-state index contributed by atoms with van der Waals surface area (Å²) in [5, 5.41) is 0. The summed E-state index contributed by atoms with van der Waals surface area (Å²) in [7, 11) is 0. The number of nitrogens with zero attached hydrogens (tertiary/aromatic N) is 1. The van der Waals surface area contributed by atoms with Gasteiger partial charge in [0.2, 0.25) is 0 Å². The molecular formula is C7H11NOS. The van der Waals surface area contributed by atoms with Crippen molar-refractivity contribution in [1.82, 2.24) is 4.98 Å². The standard InChI is InChI=1S/C7H11NOS/c1-3-10-5-7-4-8-6(2)9-7/h4H,3,5H2,1-2H3. The smallest absolute Gasteiger partial charge is 0.191 e. The molecule has 3 heteroatoms. The Bertz CT molecular complexity index is 197. The van der Waals surface area contributed by atoms with Gasteiger partial charge in [-0.1, -0.05) is 6.92 Å². The second kappa shape index (κ2) is 3.66. The summed E-state index contributed by atoms with van der Waals surface area (Å²) >= 11 is 1.84. The van der Waals surface area contributed by atoms with Crippen molar-refractivity contribution >= 4 is 11.8 Å².